The number of nitrogens with zero attached hydrogens (tertiary/aromatic N) is 3. The number of fused-ring (bicyclic) bond motifs is 1. The van der Waals surface area contributed by atoms with Crippen LogP contribution in [0.15, 0.2) is 66.3 Å². The van der Waals surface area contributed by atoms with Gasteiger partial charge in [-0.25, -0.2) is 8.42 Å². The molecule has 2 aromatic heterocycles. The standard InChI is InChI=1S/C34H29Cl2F2N3O8S2/c1-51(45,46)41(16-22-3-2-10-50-22)21-7-8-23-24(12-21)33(44)40(32(23)43)17-31(42)48-29(13-25-26(35)14-39-15-27(25)36)20-6-9-28(49-34(37)38)30(11-20)47-18-19-4-5-19/h2-3,6-12,14-15,19,29,34H,4-5,13,16-18H2,1H3. The normalized spacial score (nSPS) is 14.8. The fourth-order valence-corrected chi connectivity index (χ4v) is 7.58. The van der Waals surface area contributed by atoms with E-state index in [9.17, 15) is 31.6 Å². The number of esters is 1. The predicted octanol–water partition coefficient (Wildman–Crippen LogP) is 6.93. The van der Waals surface area contributed by atoms with Crippen molar-refractivity contribution in [2.24, 2.45) is 5.92 Å². The molecule has 6 rings (SSSR count). The van der Waals surface area contributed by atoms with Crippen molar-refractivity contribution in [1.82, 2.24) is 9.88 Å². The third kappa shape index (κ3) is 8.60. The van der Waals surface area contributed by atoms with E-state index in [0.717, 1.165) is 28.3 Å². The predicted molar refractivity (Wildman–Crippen MR) is 185 cm³/mol. The van der Waals surface area contributed by atoms with E-state index in [1.54, 1.807) is 17.5 Å². The van der Waals surface area contributed by atoms with Crippen molar-refractivity contribution in [1.29, 1.82) is 0 Å². The summed E-state index contributed by atoms with van der Waals surface area (Å²) < 4.78 is 69.2. The molecule has 2 amide bonds. The molecule has 0 radical (unpaired) electrons. The van der Waals surface area contributed by atoms with Gasteiger partial charge in [0.15, 0.2) is 11.5 Å². The smallest absolute Gasteiger partial charge is 0.387 e. The molecule has 1 aliphatic carbocycles. The summed E-state index contributed by atoms with van der Waals surface area (Å²) in [6, 6.07) is 11.7. The lowest BCUT2D eigenvalue weighted by atomic mass is 10.0. The van der Waals surface area contributed by atoms with Gasteiger partial charge in [-0.15, -0.1) is 11.3 Å². The number of hydrogen-bond donors (Lipinski definition) is 0. The lowest BCUT2D eigenvalue weighted by Gasteiger charge is -2.23. The second-order valence-electron chi connectivity index (χ2n) is 11.9. The quantitative estimate of drug-likeness (QED) is 0.0931. The van der Waals surface area contributed by atoms with Crippen LogP contribution in [0.2, 0.25) is 10.0 Å². The summed E-state index contributed by atoms with van der Waals surface area (Å²) in [7, 11) is -3.78. The third-order valence-corrected chi connectivity index (χ3v) is 10.8. The van der Waals surface area contributed by atoms with Gasteiger partial charge in [0.1, 0.15) is 12.6 Å². The Morgan fingerprint density at radius 1 is 1.04 bits per heavy atom. The second-order valence-corrected chi connectivity index (χ2v) is 15.6. The molecule has 2 aliphatic rings. The van der Waals surface area contributed by atoms with E-state index in [1.807, 2.05) is 0 Å². The number of thiophene rings is 1. The number of alkyl halides is 2. The molecule has 268 valence electrons. The summed E-state index contributed by atoms with van der Waals surface area (Å²) in [5.74, 6) is -2.51. The molecule has 0 saturated heterocycles. The molecule has 1 aliphatic heterocycles. The zero-order chi connectivity index (χ0) is 36.4. The number of halogens is 4. The first-order chi connectivity index (χ1) is 24.3. The maximum absolute atomic E-state index is 13.5. The zero-order valence-corrected chi connectivity index (χ0v) is 29.9. The van der Waals surface area contributed by atoms with Crippen LogP contribution in [0, 0.1) is 5.92 Å². The van der Waals surface area contributed by atoms with Gasteiger partial charge in [-0.3, -0.25) is 28.6 Å². The fraction of sp³-hybridized carbons (Fsp3) is 0.294. The van der Waals surface area contributed by atoms with Crippen molar-refractivity contribution in [3.05, 3.63) is 103 Å². The largest absolute Gasteiger partial charge is 0.489 e. The Kier molecular flexibility index (Phi) is 10.8. The molecule has 0 bridgehead atoms. The van der Waals surface area contributed by atoms with Crippen LogP contribution < -0.4 is 13.8 Å². The number of benzene rings is 2. The van der Waals surface area contributed by atoms with Crippen LogP contribution in [0.25, 0.3) is 0 Å². The minimum atomic E-state index is -3.78. The molecule has 17 heteroatoms. The summed E-state index contributed by atoms with van der Waals surface area (Å²) in [5, 5.41) is 2.15. The van der Waals surface area contributed by atoms with Crippen molar-refractivity contribution in [2.75, 3.05) is 23.7 Å². The Morgan fingerprint density at radius 3 is 2.41 bits per heavy atom. The van der Waals surface area contributed by atoms with E-state index >= 15 is 0 Å². The summed E-state index contributed by atoms with van der Waals surface area (Å²) in [6.07, 6.45) is 4.37. The van der Waals surface area contributed by atoms with Gasteiger partial charge in [0, 0.05) is 23.7 Å². The van der Waals surface area contributed by atoms with Crippen LogP contribution in [0.3, 0.4) is 0 Å². The molecule has 1 fully saturated rings. The Balaban J connectivity index is 1.25. The highest BCUT2D eigenvalue weighted by molar-refractivity contribution is 7.92. The van der Waals surface area contributed by atoms with E-state index < -0.39 is 47.1 Å². The number of sulfonamides is 1. The van der Waals surface area contributed by atoms with E-state index in [2.05, 4.69) is 9.72 Å². The first-order valence-electron chi connectivity index (χ1n) is 15.5. The molecule has 0 spiro atoms. The molecule has 3 heterocycles. The van der Waals surface area contributed by atoms with E-state index in [0.29, 0.717) is 16.0 Å². The zero-order valence-electron chi connectivity index (χ0n) is 26.8. The molecule has 4 aromatic rings. The fourth-order valence-electron chi connectivity index (χ4n) is 5.42. The topological polar surface area (TPSA) is 132 Å². The van der Waals surface area contributed by atoms with E-state index in [4.69, 9.17) is 32.7 Å². The van der Waals surface area contributed by atoms with Gasteiger partial charge < -0.3 is 14.2 Å². The monoisotopic (exact) mass is 779 g/mol. The molecule has 1 saturated carbocycles. The van der Waals surface area contributed by atoms with Gasteiger partial charge in [0.25, 0.3) is 11.8 Å². The number of anilines is 1. The Hall–Kier alpha value is -4.31. The van der Waals surface area contributed by atoms with Crippen molar-refractivity contribution in [3.8, 4) is 11.5 Å². The maximum Gasteiger partial charge on any atom is 0.387 e. The second kappa shape index (κ2) is 15.1. The molecular weight excluding hydrogens is 751 g/mol. The number of carbonyl (C=O) groups is 3. The average Bonchev–Trinajstić information content (AvgIpc) is 3.70. The summed E-state index contributed by atoms with van der Waals surface area (Å²) in [5.41, 5.74) is 0.744. The number of rotatable bonds is 15. The summed E-state index contributed by atoms with van der Waals surface area (Å²) in [4.78, 5) is 45.8. The number of aromatic nitrogens is 1. The van der Waals surface area contributed by atoms with Crippen LogP contribution in [0.4, 0.5) is 14.5 Å². The average molecular weight is 781 g/mol. The molecule has 0 N–H and O–H groups in total. The number of ether oxygens (including phenoxy) is 3. The van der Waals surface area contributed by atoms with E-state index in [1.165, 1.54) is 60.1 Å². The third-order valence-electron chi connectivity index (χ3n) is 8.15. The first-order valence-corrected chi connectivity index (χ1v) is 19.0. The Bertz CT molecular complexity index is 2060. The lowest BCUT2D eigenvalue weighted by molar-refractivity contribution is -0.149. The van der Waals surface area contributed by atoms with Crippen LogP contribution in [0.1, 0.15) is 55.7 Å². The highest BCUT2D eigenvalue weighted by atomic mass is 35.5. The van der Waals surface area contributed by atoms with Crippen molar-refractivity contribution in [2.45, 2.75) is 38.5 Å². The van der Waals surface area contributed by atoms with Gasteiger partial charge >= 0.3 is 12.6 Å². The van der Waals surface area contributed by atoms with E-state index in [-0.39, 0.29) is 63.8 Å². The highest BCUT2D eigenvalue weighted by Crippen LogP contribution is 2.38. The van der Waals surface area contributed by atoms with Crippen molar-refractivity contribution < 1.29 is 45.8 Å². The van der Waals surface area contributed by atoms with Gasteiger partial charge in [-0.2, -0.15) is 8.78 Å². The van der Waals surface area contributed by atoms with Gasteiger partial charge in [0.05, 0.1) is 46.3 Å². The van der Waals surface area contributed by atoms with Crippen LogP contribution in [-0.2, 0) is 32.5 Å². The number of carbonyl (C=O) groups excluding carboxylic acids is 3. The Labute approximate surface area is 305 Å². The summed E-state index contributed by atoms with van der Waals surface area (Å²) >= 11 is 14.1. The Morgan fingerprint density at radius 2 is 1.76 bits per heavy atom. The molecule has 2 aromatic carbocycles. The molecule has 1 atom stereocenters. The number of pyridine rings is 1. The maximum atomic E-state index is 13.5. The van der Waals surface area contributed by atoms with Gasteiger partial charge in [-0.05, 0) is 71.7 Å². The van der Waals surface area contributed by atoms with Crippen molar-refractivity contribution >= 4 is 68.0 Å². The van der Waals surface area contributed by atoms with Gasteiger partial charge in [-0.1, -0.05) is 35.3 Å². The number of amides is 2. The van der Waals surface area contributed by atoms with Crippen molar-refractivity contribution in [3.63, 3.8) is 0 Å². The van der Waals surface area contributed by atoms with Crippen LogP contribution >= 0.6 is 34.5 Å². The van der Waals surface area contributed by atoms with Crippen LogP contribution in [-0.4, -0.2) is 62.1 Å². The molecular formula is C34H29Cl2F2N3O8S2. The first kappa shape index (κ1) is 36.5. The molecule has 51 heavy (non-hydrogen) atoms. The summed E-state index contributed by atoms with van der Waals surface area (Å²) in [6.45, 7) is -3.62. The molecule has 11 nitrogen and oxygen atoms in total. The molecule has 1 unspecified atom stereocenters. The van der Waals surface area contributed by atoms with Gasteiger partial charge in [0.2, 0.25) is 10.0 Å². The van der Waals surface area contributed by atoms with Crippen LogP contribution in [0.5, 0.6) is 11.5 Å². The lowest BCUT2D eigenvalue weighted by Crippen LogP contribution is -2.36. The minimum Gasteiger partial charge on any atom is -0.489 e. The minimum absolute atomic E-state index is 0.00559. The SMILES string of the molecule is CS(=O)(=O)N(Cc1cccs1)c1ccc2c(c1)C(=O)N(CC(=O)OC(Cc1c(Cl)cncc1Cl)c1ccc(OC(F)F)c(OCC3CC3)c1)C2=O. The highest BCUT2D eigenvalue weighted by Gasteiger charge is 2.38. The number of imide groups is 1. The number of hydrogen-bond acceptors (Lipinski definition) is 10.